The maximum Gasteiger partial charge on any atom is 0.270 e. The summed E-state index contributed by atoms with van der Waals surface area (Å²) in [5.74, 6) is 0.675. The molecule has 3 nitrogen and oxygen atoms in total. The number of nitrogens with zero attached hydrogens (tertiary/aromatic N) is 1. The first kappa shape index (κ1) is 14.1. The van der Waals surface area contributed by atoms with Crippen molar-refractivity contribution in [2.75, 3.05) is 0 Å². The molecule has 3 unspecified atom stereocenters. The summed E-state index contributed by atoms with van der Waals surface area (Å²) in [6, 6.07) is 5.71. The molecule has 1 aromatic heterocycles. The number of rotatable bonds is 2. The van der Waals surface area contributed by atoms with Crippen LogP contribution in [0.15, 0.2) is 22.8 Å². The van der Waals surface area contributed by atoms with Crippen LogP contribution in [0.25, 0.3) is 0 Å². The van der Waals surface area contributed by atoms with Gasteiger partial charge in [0.25, 0.3) is 5.91 Å². The summed E-state index contributed by atoms with van der Waals surface area (Å²) in [6.45, 7) is 7.04. The Balaban J connectivity index is 1.78. The van der Waals surface area contributed by atoms with Crippen LogP contribution in [-0.2, 0) is 0 Å². The van der Waals surface area contributed by atoms with Crippen LogP contribution in [0.5, 0.6) is 0 Å². The van der Waals surface area contributed by atoms with E-state index in [-0.39, 0.29) is 17.4 Å². The van der Waals surface area contributed by atoms with E-state index < -0.39 is 0 Å². The van der Waals surface area contributed by atoms with Crippen molar-refractivity contribution >= 4 is 21.8 Å². The lowest BCUT2D eigenvalue weighted by molar-refractivity contribution is 0.0821. The van der Waals surface area contributed by atoms with Crippen molar-refractivity contribution in [3.8, 4) is 0 Å². The molecule has 0 aliphatic heterocycles. The van der Waals surface area contributed by atoms with Gasteiger partial charge in [-0.1, -0.05) is 26.8 Å². The normalized spacial score (nSPS) is 34.2. The van der Waals surface area contributed by atoms with Crippen LogP contribution in [0.4, 0.5) is 0 Å². The first-order valence-electron chi connectivity index (χ1n) is 7.28. The molecule has 2 fully saturated rings. The summed E-state index contributed by atoms with van der Waals surface area (Å²) >= 11 is 3.31. The molecule has 108 valence electrons. The van der Waals surface area contributed by atoms with Gasteiger partial charge in [0, 0.05) is 6.04 Å². The zero-order chi connectivity index (χ0) is 14.5. The minimum absolute atomic E-state index is 0.0547. The molecule has 1 N–H and O–H groups in total. The minimum Gasteiger partial charge on any atom is -0.347 e. The van der Waals surface area contributed by atoms with E-state index in [0.717, 1.165) is 12.3 Å². The molecule has 1 heterocycles. The average molecular weight is 337 g/mol. The van der Waals surface area contributed by atoms with Gasteiger partial charge in [0.05, 0.1) is 0 Å². The number of carbonyl (C=O) groups is 1. The van der Waals surface area contributed by atoms with Gasteiger partial charge in [0.1, 0.15) is 10.3 Å². The van der Waals surface area contributed by atoms with Crippen molar-refractivity contribution in [1.29, 1.82) is 0 Å². The number of aromatic nitrogens is 1. The molecule has 0 saturated heterocycles. The Hall–Kier alpha value is -0.900. The molecule has 3 rings (SSSR count). The zero-order valence-corrected chi connectivity index (χ0v) is 13.8. The van der Waals surface area contributed by atoms with Crippen molar-refractivity contribution in [2.24, 2.45) is 16.7 Å². The van der Waals surface area contributed by atoms with Gasteiger partial charge in [-0.25, -0.2) is 4.98 Å². The summed E-state index contributed by atoms with van der Waals surface area (Å²) in [4.78, 5) is 16.6. The predicted octanol–water partition coefficient (Wildman–Crippen LogP) is 3.79. The Bertz CT molecular complexity index is 557. The number of hydrogen-bond donors (Lipinski definition) is 1. The Morgan fingerprint density at radius 3 is 2.70 bits per heavy atom. The molecular weight excluding hydrogens is 316 g/mol. The highest BCUT2D eigenvalue weighted by Crippen LogP contribution is 2.65. The highest BCUT2D eigenvalue weighted by molar-refractivity contribution is 9.10. The van der Waals surface area contributed by atoms with Gasteiger partial charge < -0.3 is 5.32 Å². The largest absolute Gasteiger partial charge is 0.347 e. The van der Waals surface area contributed by atoms with E-state index in [0.29, 0.717) is 15.7 Å². The molecule has 1 aromatic rings. The summed E-state index contributed by atoms with van der Waals surface area (Å²) in [7, 11) is 0. The van der Waals surface area contributed by atoms with Crippen LogP contribution >= 0.6 is 15.9 Å². The van der Waals surface area contributed by atoms with Crippen molar-refractivity contribution in [1.82, 2.24) is 10.3 Å². The molecule has 2 saturated carbocycles. The van der Waals surface area contributed by atoms with Gasteiger partial charge in [0.15, 0.2) is 0 Å². The van der Waals surface area contributed by atoms with Gasteiger partial charge >= 0.3 is 0 Å². The third kappa shape index (κ3) is 1.92. The number of pyridine rings is 1. The smallest absolute Gasteiger partial charge is 0.270 e. The average Bonchev–Trinajstić information content (AvgIpc) is 2.72. The molecule has 0 spiro atoms. The molecule has 0 radical (unpaired) electrons. The Morgan fingerprint density at radius 2 is 2.15 bits per heavy atom. The lowest BCUT2D eigenvalue weighted by Crippen LogP contribution is -2.47. The second-order valence-electron chi connectivity index (χ2n) is 6.98. The highest BCUT2D eigenvalue weighted by atomic mass is 79.9. The van der Waals surface area contributed by atoms with Crippen LogP contribution < -0.4 is 5.32 Å². The van der Waals surface area contributed by atoms with Crippen LogP contribution in [0.2, 0.25) is 0 Å². The number of amides is 1. The van der Waals surface area contributed by atoms with Gasteiger partial charge in [-0.2, -0.15) is 0 Å². The van der Waals surface area contributed by atoms with Crippen molar-refractivity contribution < 1.29 is 4.79 Å². The van der Waals surface area contributed by atoms with E-state index in [4.69, 9.17) is 0 Å². The standard InChI is InChI=1S/C16H21BrN2O/c1-15(2)10-7-8-16(15,3)12(9-10)19-14(20)11-5-4-6-13(17)18-11/h4-6,10,12H,7-9H2,1-3H3,(H,19,20). The topological polar surface area (TPSA) is 42.0 Å². The Labute approximate surface area is 128 Å². The van der Waals surface area contributed by atoms with Gasteiger partial charge in [-0.3, -0.25) is 4.79 Å². The maximum absolute atomic E-state index is 12.4. The van der Waals surface area contributed by atoms with E-state index in [1.165, 1.54) is 12.8 Å². The number of carbonyl (C=O) groups excluding carboxylic acids is 1. The number of halogens is 1. The van der Waals surface area contributed by atoms with E-state index in [1.807, 2.05) is 12.1 Å². The second-order valence-corrected chi connectivity index (χ2v) is 7.79. The molecule has 2 aliphatic carbocycles. The van der Waals surface area contributed by atoms with Gasteiger partial charge in [-0.05, 0) is 64.1 Å². The van der Waals surface area contributed by atoms with Crippen molar-refractivity contribution in [3.05, 3.63) is 28.5 Å². The molecule has 4 heteroatoms. The summed E-state index contributed by atoms with van der Waals surface area (Å²) < 4.78 is 0.699. The van der Waals surface area contributed by atoms with E-state index >= 15 is 0 Å². The molecule has 0 aromatic carbocycles. The quantitative estimate of drug-likeness (QED) is 0.835. The molecule has 3 atom stereocenters. The zero-order valence-electron chi connectivity index (χ0n) is 12.2. The molecule has 20 heavy (non-hydrogen) atoms. The SMILES string of the molecule is CC1(C)C2CCC1(C)C(NC(=O)c1cccc(Br)n1)C2. The Morgan fingerprint density at radius 1 is 1.40 bits per heavy atom. The van der Waals surface area contributed by atoms with E-state index in [2.05, 4.69) is 47.0 Å². The predicted molar refractivity (Wildman–Crippen MR) is 82.4 cm³/mol. The van der Waals surface area contributed by atoms with Gasteiger partial charge in [-0.15, -0.1) is 0 Å². The minimum atomic E-state index is -0.0547. The highest BCUT2D eigenvalue weighted by Gasteiger charge is 2.61. The van der Waals surface area contributed by atoms with Crippen molar-refractivity contribution in [3.63, 3.8) is 0 Å². The fourth-order valence-corrected chi connectivity index (χ4v) is 4.53. The van der Waals surface area contributed by atoms with Gasteiger partial charge in [0.2, 0.25) is 0 Å². The summed E-state index contributed by atoms with van der Waals surface area (Å²) in [6.07, 6.45) is 3.61. The number of nitrogens with one attached hydrogen (secondary N) is 1. The molecule has 1 amide bonds. The summed E-state index contributed by atoms with van der Waals surface area (Å²) in [5.41, 5.74) is 1.01. The Kier molecular flexibility index (Phi) is 3.20. The number of hydrogen-bond acceptors (Lipinski definition) is 2. The van der Waals surface area contributed by atoms with Crippen LogP contribution in [-0.4, -0.2) is 16.9 Å². The van der Waals surface area contributed by atoms with Crippen LogP contribution in [0, 0.1) is 16.7 Å². The van der Waals surface area contributed by atoms with E-state index in [1.54, 1.807) is 6.07 Å². The van der Waals surface area contributed by atoms with Crippen LogP contribution in [0.1, 0.15) is 50.5 Å². The molecule has 2 aliphatic rings. The monoisotopic (exact) mass is 336 g/mol. The fraction of sp³-hybridized carbons (Fsp3) is 0.625. The lowest BCUT2D eigenvalue weighted by atomic mass is 9.69. The molecule has 2 bridgehead atoms. The maximum atomic E-state index is 12.4. The van der Waals surface area contributed by atoms with E-state index in [9.17, 15) is 4.79 Å². The second kappa shape index (κ2) is 4.55. The lowest BCUT2D eigenvalue weighted by Gasteiger charge is -2.39. The third-order valence-corrected chi connectivity index (χ3v) is 6.49. The third-order valence-electron chi connectivity index (χ3n) is 6.05. The first-order valence-corrected chi connectivity index (χ1v) is 8.07. The summed E-state index contributed by atoms with van der Waals surface area (Å²) in [5, 5.41) is 3.23. The first-order chi connectivity index (χ1) is 9.34. The van der Waals surface area contributed by atoms with Crippen LogP contribution in [0.3, 0.4) is 0 Å². The number of fused-ring (bicyclic) bond motifs is 2. The molecular formula is C16H21BrN2O. The fourth-order valence-electron chi connectivity index (χ4n) is 4.19. The van der Waals surface area contributed by atoms with Crippen molar-refractivity contribution in [2.45, 2.75) is 46.1 Å².